The van der Waals surface area contributed by atoms with E-state index in [9.17, 15) is 13.2 Å². The van der Waals surface area contributed by atoms with Crippen molar-refractivity contribution in [2.75, 3.05) is 24.4 Å². The topological polar surface area (TPSA) is 78.5 Å². The Morgan fingerprint density at radius 1 is 1.15 bits per heavy atom. The average Bonchev–Trinajstić information content (AvgIpc) is 2.63. The summed E-state index contributed by atoms with van der Waals surface area (Å²) < 4.78 is 27.4. The van der Waals surface area contributed by atoms with Gasteiger partial charge in [-0.15, -0.1) is 0 Å². The fourth-order valence-electron chi connectivity index (χ4n) is 2.82. The number of hydrogen-bond acceptors (Lipinski definition) is 4. The molecule has 3 rings (SSSR count). The number of piperazine rings is 1. The third-order valence-electron chi connectivity index (χ3n) is 4.27. The van der Waals surface area contributed by atoms with E-state index < -0.39 is 10.0 Å². The minimum atomic E-state index is -3.73. The minimum absolute atomic E-state index is 0.0893. The van der Waals surface area contributed by atoms with E-state index in [1.807, 2.05) is 6.92 Å². The number of amides is 1. The third kappa shape index (κ3) is 4.17. The molecule has 1 fully saturated rings. The molecule has 1 aliphatic heterocycles. The van der Waals surface area contributed by atoms with E-state index in [1.165, 1.54) is 12.1 Å². The van der Waals surface area contributed by atoms with E-state index in [0.29, 0.717) is 22.8 Å². The molecule has 2 N–H and O–H groups in total. The summed E-state index contributed by atoms with van der Waals surface area (Å²) in [6.07, 6.45) is 0. The number of sulfonamides is 1. The quantitative estimate of drug-likeness (QED) is 0.836. The van der Waals surface area contributed by atoms with Gasteiger partial charge in [0.15, 0.2) is 0 Å². The molecule has 2 aromatic rings. The van der Waals surface area contributed by atoms with Crippen LogP contribution in [-0.4, -0.2) is 44.9 Å². The van der Waals surface area contributed by atoms with Gasteiger partial charge in [-0.25, -0.2) is 8.42 Å². The van der Waals surface area contributed by atoms with Crippen molar-refractivity contribution in [3.8, 4) is 0 Å². The molecule has 0 unspecified atom stereocenters. The predicted molar refractivity (Wildman–Crippen MR) is 102 cm³/mol. The van der Waals surface area contributed by atoms with Crippen LogP contribution in [0, 0.1) is 0 Å². The van der Waals surface area contributed by atoms with Crippen LogP contribution < -0.4 is 10.0 Å². The van der Waals surface area contributed by atoms with E-state index in [4.69, 9.17) is 11.6 Å². The van der Waals surface area contributed by atoms with Gasteiger partial charge in [0.25, 0.3) is 15.9 Å². The largest absolute Gasteiger partial charge is 0.333 e. The lowest BCUT2D eigenvalue weighted by Crippen LogP contribution is -2.52. The molecule has 1 aliphatic rings. The highest BCUT2D eigenvalue weighted by Gasteiger charge is 2.24. The van der Waals surface area contributed by atoms with Gasteiger partial charge >= 0.3 is 0 Å². The van der Waals surface area contributed by atoms with Gasteiger partial charge < -0.3 is 10.2 Å². The molecule has 1 saturated heterocycles. The fourth-order valence-corrected chi connectivity index (χ4v) is 4.00. The molecule has 6 nitrogen and oxygen atoms in total. The number of nitrogens with zero attached hydrogens (tertiary/aromatic N) is 1. The first-order chi connectivity index (χ1) is 12.4. The fraction of sp³-hybridized carbons (Fsp3) is 0.278. The zero-order valence-corrected chi connectivity index (χ0v) is 15.8. The van der Waals surface area contributed by atoms with Gasteiger partial charge in [0, 0.05) is 41.9 Å². The van der Waals surface area contributed by atoms with Crippen LogP contribution in [0.5, 0.6) is 0 Å². The van der Waals surface area contributed by atoms with Gasteiger partial charge in [0.2, 0.25) is 0 Å². The molecule has 0 aliphatic carbocycles. The molecule has 1 heterocycles. The Labute approximate surface area is 158 Å². The summed E-state index contributed by atoms with van der Waals surface area (Å²) in [5, 5.41) is 3.76. The summed E-state index contributed by atoms with van der Waals surface area (Å²) in [4.78, 5) is 14.5. The van der Waals surface area contributed by atoms with Crippen molar-refractivity contribution in [1.82, 2.24) is 10.2 Å². The van der Waals surface area contributed by atoms with Gasteiger partial charge in [0.05, 0.1) is 4.90 Å². The first-order valence-corrected chi connectivity index (χ1v) is 10.1. The maximum atomic E-state index is 12.6. The molecule has 0 bridgehead atoms. The summed E-state index contributed by atoms with van der Waals surface area (Å²) in [6, 6.07) is 12.5. The van der Waals surface area contributed by atoms with Crippen molar-refractivity contribution in [2.24, 2.45) is 0 Å². The Hall–Kier alpha value is -2.09. The Morgan fingerprint density at radius 3 is 2.42 bits per heavy atom. The molecule has 138 valence electrons. The summed E-state index contributed by atoms with van der Waals surface area (Å²) in [7, 11) is -3.73. The minimum Gasteiger partial charge on any atom is -0.333 e. The molecule has 0 aromatic heterocycles. The Balaban J connectivity index is 1.75. The number of anilines is 1. The molecular formula is C18H20ClN3O3S. The first-order valence-electron chi connectivity index (χ1n) is 8.27. The van der Waals surface area contributed by atoms with Gasteiger partial charge in [-0.05, 0) is 55.5 Å². The molecule has 0 spiro atoms. The van der Waals surface area contributed by atoms with Gasteiger partial charge in [-0.3, -0.25) is 9.52 Å². The number of hydrogen-bond donors (Lipinski definition) is 2. The maximum Gasteiger partial charge on any atom is 0.261 e. The summed E-state index contributed by atoms with van der Waals surface area (Å²) in [6.45, 7) is 4.13. The normalized spacial score (nSPS) is 17.8. The lowest BCUT2D eigenvalue weighted by Gasteiger charge is -2.34. The molecule has 1 atom stereocenters. The van der Waals surface area contributed by atoms with Crippen molar-refractivity contribution in [3.63, 3.8) is 0 Å². The highest BCUT2D eigenvalue weighted by atomic mass is 35.5. The maximum absolute atomic E-state index is 12.6. The summed E-state index contributed by atoms with van der Waals surface area (Å²) in [5.41, 5.74) is 0.897. The van der Waals surface area contributed by atoms with Crippen molar-refractivity contribution in [2.45, 2.75) is 17.9 Å². The summed E-state index contributed by atoms with van der Waals surface area (Å²) in [5.74, 6) is -0.0893. The highest BCUT2D eigenvalue weighted by Crippen LogP contribution is 2.19. The number of carbonyl (C=O) groups excluding carboxylic acids is 1. The second kappa shape index (κ2) is 7.65. The lowest BCUT2D eigenvalue weighted by molar-refractivity contribution is 0.0655. The van der Waals surface area contributed by atoms with E-state index >= 15 is 0 Å². The zero-order valence-electron chi connectivity index (χ0n) is 14.3. The Bertz CT molecular complexity index is 883. The summed E-state index contributed by atoms with van der Waals surface area (Å²) >= 11 is 5.80. The Morgan fingerprint density at radius 2 is 1.81 bits per heavy atom. The molecular weight excluding hydrogens is 374 g/mol. The van der Waals surface area contributed by atoms with E-state index in [0.717, 1.165) is 13.1 Å². The Kier molecular flexibility index (Phi) is 5.50. The van der Waals surface area contributed by atoms with Gasteiger partial charge in [0.1, 0.15) is 0 Å². The average molecular weight is 394 g/mol. The molecule has 0 saturated carbocycles. The van der Waals surface area contributed by atoms with Crippen LogP contribution in [0.3, 0.4) is 0 Å². The predicted octanol–water partition coefficient (Wildman–Crippen LogP) is 2.57. The monoisotopic (exact) mass is 393 g/mol. The first kappa shape index (κ1) is 18.7. The zero-order chi connectivity index (χ0) is 18.7. The van der Waals surface area contributed by atoms with E-state index in [2.05, 4.69) is 10.0 Å². The molecule has 8 heteroatoms. The SMILES string of the molecule is C[C@@H]1CNCCN1C(=O)c1ccc(S(=O)(=O)Nc2ccc(Cl)cc2)cc1. The second-order valence-electron chi connectivity index (χ2n) is 6.19. The molecule has 0 radical (unpaired) electrons. The van der Waals surface area contributed by atoms with Crippen LogP contribution in [-0.2, 0) is 10.0 Å². The third-order valence-corrected chi connectivity index (χ3v) is 5.92. The number of rotatable bonds is 4. The molecule has 2 aromatic carbocycles. The van der Waals surface area contributed by atoms with Crippen molar-refractivity contribution < 1.29 is 13.2 Å². The number of benzene rings is 2. The standard InChI is InChI=1S/C18H20ClN3O3S/c1-13-12-20-10-11-22(13)18(23)14-2-8-17(9-3-14)26(24,25)21-16-6-4-15(19)5-7-16/h2-9,13,20-21H,10-12H2,1H3/t13-/m1/s1. The van der Waals surface area contributed by atoms with Crippen LogP contribution in [0.15, 0.2) is 53.4 Å². The van der Waals surface area contributed by atoms with Crippen LogP contribution in [0.2, 0.25) is 5.02 Å². The van der Waals surface area contributed by atoms with Crippen LogP contribution in [0.4, 0.5) is 5.69 Å². The number of carbonyl (C=O) groups is 1. The molecule has 1 amide bonds. The van der Waals surface area contributed by atoms with Crippen LogP contribution in [0.1, 0.15) is 17.3 Å². The second-order valence-corrected chi connectivity index (χ2v) is 8.31. The lowest BCUT2D eigenvalue weighted by atomic mass is 10.1. The number of nitrogens with one attached hydrogen (secondary N) is 2. The van der Waals surface area contributed by atoms with Gasteiger partial charge in [-0.1, -0.05) is 11.6 Å². The number of halogens is 1. The van der Waals surface area contributed by atoms with Crippen molar-refractivity contribution in [1.29, 1.82) is 0 Å². The van der Waals surface area contributed by atoms with E-state index in [-0.39, 0.29) is 16.8 Å². The van der Waals surface area contributed by atoms with Crippen LogP contribution in [0.25, 0.3) is 0 Å². The van der Waals surface area contributed by atoms with Crippen LogP contribution >= 0.6 is 11.6 Å². The smallest absolute Gasteiger partial charge is 0.261 e. The molecule has 26 heavy (non-hydrogen) atoms. The van der Waals surface area contributed by atoms with Crippen molar-refractivity contribution in [3.05, 3.63) is 59.1 Å². The van der Waals surface area contributed by atoms with Gasteiger partial charge in [-0.2, -0.15) is 0 Å². The highest BCUT2D eigenvalue weighted by molar-refractivity contribution is 7.92. The van der Waals surface area contributed by atoms with Crippen molar-refractivity contribution >= 4 is 33.2 Å². The van der Waals surface area contributed by atoms with E-state index in [1.54, 1.807) is 41.3 Å².